The minimum Gasteiger partial charge on any atom is -0.455 e. The smallest absolute Gasteiger partial charge is 0.144 e. The van der Waals surface area contributed by atoms with Crippen LogP contribution in [0.4, 0.5) is 22.9 Å². The number of furan rings is 1. The standard InChI is InChI=1S/C36H32N4O/c1-25(2)26-21-33(32-17-10-16-31-30-15-7-8-18-34(30)41-36(31)32)37-35(22-26)40(27-11-5-4-6-12-27)29-14-9-13-28(23-29)39-20-19-38(3)24-39/h4-23,25H,24H2,1-3H3. The third kappa shape index (κ3) is 4.59. The molecule has 0 saturated heterocycles. The van der Waals surface area contributed by atoms with E-state index < -0.39 is 0 Å². The first-order valence-electron chi connectivity index (χ1n) is 14.1. The highest BCUT2D eigenvalue weighted by atomic mass is 16.3. The minimum absolute atomic E-state index is 0.319. The van der Waals surface area contributed by atoms with Gasteiger partial charge in [-0.3, -0.25) is 4.90 Å². The zero-order valence-electron chi connectivity index (χ0n) is 23.5. The summed E-state index contributed by atoms with van der Waals surface area (Å²) in [6, 6.07) is 38.1. The Bertz CT molecular complexity index is 1890. The SMILES string of the molecule is CC(C)c1cc(-c2cccc3c2oc2ccccc23)nc(N(c2ccccc2)c2cccc(N3C=CN(C)C3)c2)c1. The fourth-order valence-electron chi connectivity index (χ4n) is 5.57. The van der Waals surface area contributed by atoms with Gasteiger partial charge in [-0.05, 0) is 66.1 Å². The minimum atomic E-state index is 0.319. The Morgan fingerprint density at radius 2 is 1.51 bits per heavy atom. The number of para-hydroxylation sites is 3. The lowest BCUT2D eigenvalue weighted by atomic mass is 9.99. The van der Waals surface area contributed by atoms with Crippen LogP contribution in [-0.2, 0) is 0 Å². The van der Waals surface area contributed by atoms with Crippen molar-refractivity contribution in [2.45, 2.75) is 19.8 Å². The summed E-state index contributed by atoms with van der Waals surface area (Å²) in [6.07, 6.45) is 4.22. The summed E-state index contributed by atoms with van der Waals surface area (Å²) in [5.74, 6) is 1.19. The fraction of sp³-hybridized carbons (Fsp3) is 0.139. The zero-order valence-corrected chi connectivity index (χ0v) is 23.5. The summed E-state index contributed by atoms with van der Waals surface area (Å²) in [7, 11) is 2.09. The molecule has 4 aromatic carbocycles. The second kappa shape index (κ2) is 10.2. The molecule has 0 fully saturated rings. The van der Waals surface area contributed by atoms with Crippen molar-refractivity contribution in [2.24, 2.45) is 0 Å². The molecule has 6 aromatic rings. The molecule has 2 aromatic heterocycles. The summed E-state index contributed by atoms with van der Waals surface area (Å²) in [6.45, 7) is 5.28. The van der Waals surface area contributed by atoms with Crippen LogP contribution in [0.2, 0.25) is 0 Å². The molecule has 0 atom stereocenters. The van der Waals surface area contributed by atoms with Gasteiger partial charge < -0.3 is 14.2 Å². The van der Waals surface area contributed by atoms with Gasteiger partial charge in [-0.1, -0.05) is 68.4 Å². The molecule has 0 spiro atoms. The van der Waals surface area contributed by atoms with Gasteiger partial charge in [0.15, 0.2) is 0 Å². The van der Waals surface area contributed by atoms with Gasteiger partial charge in [0.05, 0.1) is 12.4 Å². The molecule has 0 aliphatic carbocycles. The highest BCUT2D eigenvalue weighted by Gasteiger charge is 2.20. The molecule has 0 unspecified atom stereocenters. The third-order valence-electron chi connectivity index (χ3n) is 7.72. The first kappa shape index (κ1) is 25.0. The fourth-order valence-corrected chi connectivity index (χ4v) is 5.57. The second-order valence-electron chi connectivity index (χ2n) is 10.9. The number of pyridine rings is 1. The molecule has 5 nitrogen and oxygen atoms in total. The van der Waals surface area contributed by atoms with E-state index in [0.29, 0.717) is 5.92 Å². The highest BCUT2D eigenvalue weighted by molar-refractivity contribution is 6.09. The molecule has 0 radical (unpaired) electrons. The number of anilines is 4. The number of hydrogen-bond acceptors (Lipinski definition) is 5. The zero-order chi connectivity index (χ0) is 27.9. The number of nitrogens with zero attached hydrogens (tertiary/aromatic N) is 4. The predicted molar refractivity (Wildman–Crippen MR) is 170 cm³/mol. The van der Waals surface area contributed by atoms with Crippen LogP contribution in [0, 0.1) is 0 Å². The van der Waals surface area contributed by atoms with E-state index >= 15 is 0 Å². The predicted octanol–water partition coefficient (Wildman–Crippen LogP) is 9.42. The Morgan fingerprint density at radius 3 is 2.32 bits per heavy atom. The van der Waals surface area contributed by atoms with E-state index in [2.05, 4.69) is 145 Å². The summed E-state index contributed by atoms with van der Waals surface area (Å²) in [5.41, 5.74) is 8.12. The molecule has 5 heteroatoms. The van der Waals surface area contributed by atoms with Crippen molar-refractivity contribution in [1.29, 1.82) is 0 Å². The van der Waals surface area contributed by atoms with E-state index in [9.17, 15) is 0 Å². The van der Waals surface area contributed by atoms with E-state index in [1.165, 1.54) is 5.56 Å². The molecule has 0 N–H and O–H groups in total. The van der Waals surface area contributed by atoms with Crippen LogP contribution in [-0.4, -0.2) is 23.6 Å². The van der Waals surface area contributed by atoms with Gasteiger partial charge in [-0.2, -0.15) is 0 Å². The largest absolute Gasteiger partial charge is 0.455 e. The van der Waals surface area contributed by atoms with Crippen molar-refractivity contribution >= 4 is 44.8 Å². The molecular weight excluding hydrogens is 504 g/mol. The Labute approximate surface area is 240 Å². The monoisotopic (exact) mass is 536 g/mol. The first-order chi connectivity index (χ1) is 20.0. The summed E-state index contributed by atoms with van der Waals surface area (Å²) in [5, 5.41) is 2.22. The molecule has 1 aliphatic heterocycles. The van der Waals surface area contributed by atoms with Crippen molar-refractivity contribution in [3.63, 3.8) is 0 Å². The Balaban J connectivity index is 1.42. The number of rotatable bonds is 6. The van der Waals surface area contributed by atoms with Gasteiger partial charge in [0, 0.05) is 52.8 Å². The average Bonchev–Trinajstić information content (AvgIpc) is 3.61. The quantitative estimate of drug-likeness (QED) is 0.212. The average molecular weight is 537 g/mol. The summed E-state index contributed by atoms with van der Waals surface area (Å²) < 4.78 is 6.42. The molecule has 0 saturated carbocycles. The molecule has 7 rings (SSSR count). The summed E-state index contributed by atoms with van der Waals surface area (Å²) >= 11 is 0. The maximum atomic E-state index is 6.42. The van der Waals surface area contributed by atoms with Crippen LogP contribution < -0.4 is 9.80 Å². The van der Waals surface area contributed by atoms with Crippen LogP contribution in [0.3, 0.4) is 0 Å². The van der Waals surface area contributed by atoms with Crippen LogP contribution in [0.15, 0.2) is 126 Å². The lowest BCUT2D eigenvalue weighted by molar-refractivity contribution is 0.496. The number of aromatic nitrogens is 1. The Morgan fingerprint density at radius 1 is 0.756 bits per heavy atom. The van der Waals surface area contributed by atoms with Crippen LogP contribution >= 0.6 is 0 Å². The van der Waals surface area contributed by atoms with Gasteiger partial charge in [0.2, 0.25) is 0 Å². The van der Waals surface area contributed by atoms with Gasteiger partial charge in [-0.15, -0.1) is 0 Å². The van der Waals surface area contributed by atoms with Crippen molar-refractivity contribution in [3.8, 4) is 11.3 Å². The Kier molecular flexibility index (Phi) is 6.20. The lowest BCUT2D eigenvalue weighted by Gasteiger charge is -2.27. The molecule has 0 amide bonds. The van der Waals surface area contributed by atoms with Crippen molar-refractivity contribution in [2.75, 3.05) is 23.5 Å². The normalized spacial score (nSPS) is 13.2. The van der Waals surface area contributed by atoms with Crippen molar-refractivity contribution in [3.05, 3.63) is 127 Å². The Hall–Kier alpha value is -5.03. The van der Waals surface area contributed by atoms with E-state index in [-0.39, 0.29) is 0 Å². The van der Waals surface area contributed by atoms with Gasteiger partial charge in [0.1, 0.15) is 17.0 Å². The summed E-state index contributed by atoms with van der Waals surface area (Å²) in [4.78, 5) is 12.0. The highest BCUT2D eigenvalue weighted by Crippen LogP contribution is 2.40. The number of hydrogen-bond donors (Lipinski definition) is 0. The van der Waals surface area contributed by atoms with Gasteiger partial charge >= 0.3 is 0 Å². The second-order valence-corrected chi connectivity index (χ2v) is 10.9. The first-order valence-corrected chi connectivity index (χ1v) is 14.1. The number of benzene rings is 4. The van der Waals surface area contributed by atoms with E-state index in [1.54, 1.807) is 0 Å². The molecule has 41 heavy (non-hydrogen) atoms. The van der Waals surface area contributed by atoms with Crippen molar-refractivity contribution < 1.29 is 4.42 Å². The van der Waals surface area contributed by atoms with Gasteiger partial charge in [-0.25, -0.2) is 4.98 Å². The van der Waals surface area contributed by atoms with Crippen LogP contribution in [0.1, 0.15) is 25.3 Å². The number of fused-ring (bicyclic) bond motifs is 3. The van der Waals surface area contributed by atoms with E-state index in [1.807, 2.05) is 12.1 Å². The van der Waals surface area contributed by atoms with Gasteiger partial charge in [0.25, 0.3) is 0 Å². The van der Waals surface area contributed by atoms with E-state index in [0.717, 1.165) is 62.7 Å². The molecule has 3 heterocycles. The topological polar surface area (TPSA) is 35.8 Å². The lowest BCUT2D eigenvalue weighted by Crippen LogP contribution is -2.22. The van der Waals surface area contributed by atoms with E-state index in [4.69, 9.17) is 9.40 Å². The van der Waals surface area contributed by atoms with Crippen LogP contribution in [0.5, 0.6) is 0 Å². The third-order valence-corrected chi connectivity index (χ3v) is 7.72. The molecular formula is C36H32N4O. The molecule has 1 aliphatic rings. The van der Waals surface area contributed by atoms with Crippen LogP contribution in [0.25, 0.3) is 33.2 Å². The maximum Gasteiger partial charge on any atom is 0.144 e. The molecule has 0 bridgehead atoms. The maximum absolute atomic E-state index is 6.42. The van der Waals surface area contributed by atoms with Crippen molar-refractivity contribution in [1.82, 2.24) is 9.88 Å². The molecule has 202 valence electrons.